The van der Waals surface area contributed by atoms with Gasteiger partial charge in [0.25, 0.3) is 20.2 Å². The molecule has 6 rings (SSSR count). The van der Waals surface area contributed by atoms with Crippen LogP contribution >= 0.6 is 0 Å². The molecule has 0 aliphatic rings. The van der Waals surface area contributed by atoms with Gasteiger partial charge in [-0.3, -0.25) is 9.11 Å². The van der Waals surface area contributed by atoms with Gasteiger partial charge < -0.3 is 36.1 Å². The maximum Gasteiger partial charge on any atom is 1.00 e. The smallest absolute Gasteiger partial charge is 0.872 e. The second-order valence-electron chi connectivity index (χ2n) is 12.0. The number of carbonyl (C=O) groups excluding carboxylic acids is 1. The largest absolute Gasteiger partial charge is 1.00 e. The van der Waals surface area contributed by atoms with E-state index in [4.69, 9.17) is 10.8 Å². The van der Waals surface area contributed by atoms with Crippen LogP contribution < -0.4 is 144 Å². The summed E-state index contributed by atoms with van der Waals surface area (Å²) in [6.45, 7) is 0. The number of azo groups is 4. The fourth-order valence-electron chi connectivity index (χ4n) is 5.19. The number of carboxylic acid groups (broad SMARTS) is 2. The van der Waals surface area contributed by atoms with Crippen molar-refractivity contribution in [1.82, 2.24) is 0 Å². The summed E-state index contributed by atoms with van der Waals surface area (Å²) in [6, 6.07) is 18.7. The molecule has 304 valence electrons. The maximum atomic E-state index is 13.8. The number of nitrogens with two attached hydrogens (primary N) is 1. The predicted octanol–water partition coefficient (Wildman–Crippen LogP) is -6.12. The number of hydrogen-bond donors (Lipinski definition) is 4. The second kappa shape index (κ2) is 23.4. The number of anilines is 1. The number of nitrogen functional groups attached to an aromatic ring is 1. The van der Waals surface area contributed by atoms with Gasteiger partial charge in [-0.15, -0.1) is 10.2 Å². The molecule has 0 radical (unpaired) electrons. The number of rotatable bonds is 12. The zero-order valence-electron chi connectivity index (χ0n) is 33.6. The van der Waals surface area contributed by atoms with Gasteiger partial charge in [0.1, 0.15) is 15.5 Å². The van der Waals surface area contributed by atoms with E-state index >= 15 is 0 Å². The van der Waals surface area contributed by atoms with Crippen molar-refractivity contribution in [3.05, 3.63) is 108 Å². The third-order valence-electron chi connectivity index (χ3n) is 8.02. The number of aromatic carboxylic acids is 2. The van der Waals surface area contributed by atoms with Crippen molar-refractivity contribution < 1.29 is 179 Å². The minimum absolute atomic E-state index is 0. The molecule has 6 aromatic rings. The average Bonchev–Trinajstić information content (AvgIpc) is 3.19. The Hall–Kier alpha value is -4.06. The summed E-state index contributed by atoms with van der Waals surface area (Å²) < 4.78 is 69.8. The van der Waals surface area contributed by atoms with Crippen LogP contribution in [0.5, 0.6) is 17.2 Å². The maximum absolute atomic E-state index is 13.8. The summed E-state index contributed by atoms with van der Waals surface area (Å²) in [5.41, 5.74) is 3.38. The molecule has 22 nitrogen and oxygen atoms in total. The molecule has 64 heavy (non-hydrogen) atoms. The first-order valence-electron chi connectivity index (χ1n) is 16.3. The van der Waals surface area contributed by atoms with Gasteiger partial charge in [0.15, 0.2) is 0 Å². The van der Waals surface area contributed by atoms with Crippen LogP contribution in [0.1, 0.15) is 20.7 Å². The number of hydrogen-bond acceptors (Lipinski definition) is 19. The van der Waals surface area contributed by atoms with Gasteiger partial charge in [0.2, 0.25) is 0 Å². The van der Waals surface area contributed by atoms with Crippen molar-refractivity contribution in [3.63, 3.8) is 0 Å². The summed E-state index contributed by atoms with van der Waals surface area (Å²) >= 11 is 0. The van der Waals surface area contributed by atoms with Crippen molar-refractivity contribution in [3.8, 4) is 17.2 Å². The Morgan fingerprint density at radius 3 is 1.22 bits per heavy atom. The molecule has 0 saturated carbocycles. The van der Waals surface area contributed by atoms with E-state index in [1.807, 2.05) is 0 Å². The Bertz CT molecular complexity index is 2900. The Morgan fingerprint density at radius 2 is 0.828 bits per heavy atom. The summed E-state index contributed by atoms with van der Waals surface area (Å²) in [4.78, 5) is 20.3. The normalized spacial score (nSPS) is 11.6. The molecular formula is C36H21N9Na4O13S2. The molecule has 0 unspecified atom stereocenters. The number of fused-ring (bicyclic) bond motifs is 1. The fraction of sp³-hybridized carbons (Fsp3) is 0. The average molecular weight is 944 g/mol. The molecule has 0 spiro atoms. The third kappa shape index (κ3) is 13.5. The Labute approximate surface area is 449 Å². The van der Waals surface area contributed by atoms with Crippen LogP contribution in [0.2, 0.25) is 0 Å². The predicted molar refractivity (Wildman–Crippen MR) is 200 cm³/mol. The van der Waals surface area contributed by atoms with Gasteiger partial charge in [0, 0.05) is 5.39 Å². The molecule has 0 aliphatic heterocycles. The third-order valence-corrected chi connectivity index (χ3v) is 9.75. The molecule has 0 aromatic heterocycles. The van der Waals surface area contributed by atoms with E-state index in [9.17, 15) is 56.0 Å². The van der Waals surface area contributed by atoms with Crippen molar-refractivity contribution in [2.75, 3.05) is 5.73 Å². The SMILES string of the molecule is Nc1c(N=Nc2ccc(N=Nc3ccc([O-])c(C(=O)[O-])c3)cc2)c(S(=O)(=O)O)cc2cc(S(=O)(=O)O)c(N=Nc3ccc(N=Nc4ccc([O-])c(C(=O)O)c4)cc3)c([O-])c12.[Na+].[Na+].[Na+].[Na+]. The molecule has 0 amide bonds. The van der Waals surface area contributed by atoms with Crippen LogP contribution in [0.25, 0.3) is 10.8 Å². The van der Waals surface area contributed by atoms with Crippen LogP contribution in [0, 0.1) is 0 Å². The van der Waals surface area contributed by atoms with Crippen LogP contribution in [0.15, 0.2) is 148 Å². The molecule has 5 N–H and O–H groups in total. The van der Waals surface area contributed by atoms with Gasteiger partial charge in [-0.25, -0.2) is 4.79 Å². The number of nitrogens with zero attached hydrogens (tertiary/aromatic N) is 8. The van der Waals surface area contributed by atoms with Crippen LogP contribution in [-0.2, 0) is 20.2 Å². The van der Waals surface area contributed by atoms with Gasteiger partial charge in [-0.05, 0) is 95.9 Å². The minimum Gasteiger partial charge on any atom is -0.872 e. The Kier molecular flexibility index (Phi) is 20.5. The quantitative estimate of drug-likeness (QED) is 0.0384. The molecule has 0 saturated heterocycles. The van der Waals surface area contributed by atoms with Gasteiger partial charge in [-0.2, -0.15) is 47.5 Å². The zero-order chi connectivity index (χ0) is 43.5. The summed E-state index contributed by atoms with van der Waals surface area (Å²) in [7, 11) is -10.4. The van der Waals surface area contributed by atoms with Crippen LogP contribution in [0.4, 0.5) is 51.2 Å². The number of benzene rings is 6. The van der Waals surface area contributed by atoms with E-state index in [1.165, 1.54) is 60.7 Å². The van der Waals surface area contributed by atoms with Crippen LogP contribution in [-0.4, -0.2) is 43.0 Å². The van der Waals surface area contributed by atoms with E-state index < -0.39 is 98.2 Å². The van der Waals surface area contributed by atoms with Crippen molar-refractivity contribution in [1.29, 1.82) is 0 Å². The molecule has 6 aromatic carbocycles. The van der Waals surface area contributed by atoms with E-state index in [0.717, 1.165) is 24.3 Å². The van der Waals surface area contributed by atoms with E-state index in [2.05, 4.69) is 40.9 Å². The second-order valence-corrected chi connectivity index (χ2v) is 14.8. The fourth-order valence-corrected chi connectivity index (χ4v) is 6.52. The molecule has 0 atom stereocenters. The van der Waals surface area contributed by atoms with Gasteiger partial charge in [-0.1, -0.05) is 29.4 Å². The molecule has 0 aliphatic carbocycles. The minimum atomic E-state index is -5.24. The summed E-state index contributed by atoms with van der Waals surface area (Å²) in [5.74, 6) is -5.87. The molecule has 0 heterocycles. The van der Waals surface area contributed by atoms with Crippen molar-refractivity contribution in [2.24, 2.45) is 40.9 Å². The van der Waals surface area contributed by atoms with E-state index in [0.29, 0.717) is 12.1 Å². The van der Waals surface area contributed by atoms with Crippen LogP contribution in [0.3, 0.4) is 0 Å². The summed E-state index contributed by atoms with van der Waals surface area (Å²) in [6.07, 6.45) is 0. The topological polar surface area (TPSA) is 380 Å². The molecule has 0 fully saturated rings. The first kappa shape index (κ1) is 56.1. The van der Waals surface area contributed by atoms with Gasteiger partial charge in [0.05, 0.1) is 57.0 Å². The van der Waals surface area contributed by atoms with Crippen molar-refractivity contribution in [2.45, 2.75) is 9.79 Å². The first-order chi connectivity index (χ1) is 28.3. The number of carboxylic acids is 2. The standard InChI is InChI=1S/C36H25N9O13S2.4Na/c37-31-30-17(13-28(59(53,54)55)32(31)44-40-20-5-1-18(2-6-20)38-42-22-9-11-26(46)24(15-22)35(49)50)14-29(60(56,57)58)33(34(30)48)45-41-21-7-3-19(4-8-21)39-43-23-10-12-27(47)25(16-23)36(51)52;;;;/h1-16,46-48H,37H2,(H,49,50)(H,51,52)(H,53,54,55)(H,56,57,58);;;;/q;4*+1/p-4. The molecule has 28 heteroatoms. The zero-order valence-corrected chi connectivity index (χ0v) is 43.3. The number of carbonyl (C=O) groups is 2. The van der Waals surface area contributed by atoms with Gasteiger partial charge >= 0.3 is 124 Å². The Balaban J connectivity index is 0.00000352. The monoisotopic (exact) mass is 943 g/mol. The molecular weight excluding hydrogens is 923 g/mol. The van der Waals surface area contributed by atoms with Crippen molar-refractivity contribution >= 4 is 94.1 Å². The first-order valence-corrected chi connectivity index (χ1v) is 19.2. The van der Waals surface area contributed by atoms with E-state index in [1.54, 1.807) is 0 Å². The summed E-state index contributed by atoms with van der Waals surface area (Å²) in [5, 5.41) is 87.4. The Morgan fingerprint density at radius 1 is 0.500 bits per heavy atom. The molecule has 0 bridgehead atoms. The van der Waals surface area contributed by atoms with E-state index in [-0.39, 0.29) is 152 Å².